The van der Waals surface area contributed by atoms with Gasteiger partial charge < -0.3 is 15.2 Å². The van der Waals surface area contributed by atoms with Gasteiger partial charge in [0, 0.05) is 0 Å². The molecule has 0 unspecified atom stereocenters. The molecule has 10 heavy (non-hydrogen) atoms. The Bertz CT molecular complexity index is 66.6. The molecule has 0 radical (unpaired) electrons. The van der Waals surface area contributed by atoms with Crippen molar-refractivity contribution in [2.75, 3.05) is 19.9 Å². The van der Waals surface area contributed by atoms with Crippen molar-refractivity contribution in [1.82, 2.24) is 0 Å². The number of ether oxygens (including phenoxy) is 2. The molecule has 3 nitrogen and oxygen atoms in total. The Morgan fingerprint density at radius 1 is 1.40 bits per heavy atom. The van der Waals surface area contributed by atoms with Gasteiger partial charge in [-0.25, -0.2) is 0 Å². The second-order valence-corrected chi connectivity index (χ2v) is 2.38. The van der Waals surface area contributed by atoms with Gasteiger partial charge in [0.1, 0.15) is 6.79 Å². The average Bonchev–Trinajstić information content (AvgIpc) is 1.87. The third-order valence-electron chi connectivity index (χ3n) is 0.978. The number of hydrogen-bond acceptors (Lipinski definition) is 3. The Hall–Kier alpha value is -0.120. The number of rotatable bonds is 6. The molecule has 0 aliphatic rings. The molecule has 0 fully saturated rings. The third-order valence-corrected chi connectivity index (χ3v) is 0.978. The zero-order chi connectivity index (χ0) is 7.82. The first-order chi connectivity index (χ1) is 4.77. The van der Waals surface area contributed by atoms with Crippen LogP contribution in [0, 0.1) is 0 Å². The quantitative estimate of drug-likeness (QED) is 0.445. The fourth-order valence-electron chi connectivity index (χ4n) is 0.429. The molecule has 62 valence electrons. The minimum atomic E-state index is 0.248. The minimum absolute atomic E-state index is 0.248. The summed E-state index contributed by atoms with van der Waals surface area (Å²) in [5, 5.41) is 0. The molecule has 0 aliphatic heterocycles. The van der Waals surface area contributed by atoms with E-state index in [1.807, 2.05) is 13.8 Å². The van der Waals surface area contributed by atoms with Gasteiger partial charge in [0.2, 0.25) is 0 Å². The summed E-state index contributed by atoms with van der Waals surface area (Å²) in [6.45, 7) is 5.72. The molecular formula is C7H17NO2. The molecule has 0 aromatic heterocycles. The van der Waals surface area contributed by atoms with E-state index in [2.05, 4.69) is 0 Å². The van der Waals surface area contributed by atoms with Crippen LogP contribution >= 0.6 is 0 Å². The summed E-state index contributed by atoms with van der Waals surface area (Å²) in [6, 6.07) is 0. The Kier molecular flexibility index (Phi) is 6.91. The molecule has 2 N–H and O–H groups in total. The molecule has 0 aromatic rings. The largest absolute Gasteiger partial charge is 0.355 e. The maximum atomic E-state index is 5.25. The second kappa shape index (κ2) is 6.99. The van der Waals surface area contributed by atoms with Crippen LogP contribution in [0.5, 0.6) is 0 Å². The lowest BCUT2D eigenvalue weighted by Crippen LogP contribution is -2.10. The van der Waals surface area contributed by atoms with Crippen molar-refractivity contribution in [1.29, 1.82) is 0 Å². The van der Waals surface area contributed by atoms with Gasteiger partial charge in [-0.1, -0.05) is 0 Å². The van der Waals surface area contributed by atoms with Gasteiger partial charge in [-0.15, -0.1) is 0 Å². The van der Waals surface area contributed by atoms with Crippen molar-refractivity contribution >= 4 is 0 Å². The van der Waals surface area contributed by atoms with Crippen molar-refractivity contribution < 1.29 is 9.47 Å². The van der Waals surface area contributed by atoms with Crippen molar-refractivity contribution in [2.45, 2.75) is 26.4 Å². The number of nitrogens with two attached hydrogens (primary N) is 1. The fourth-order valence-corrected chi connectivity index (χ4v) is 0.429. The van der Waals surface area contributed by atoms with Gasteiger partial charge in [0.15, 0.2) is 0 Å². The van der Waals surface area contributed by atoms with Crippen molar-refractivity contribution in [3.05, 3.63) is 0 Å². The minimum Gasteiger partial charge on any atom is -0.355 e. The van der Waals surface area contributed by atoms with Crippen molar-refractivity contribution in [3.63, 3.8) is 0 Å². The van der Waals surface area contributed by atoms with Crippen LogP contribution in [-0.2, 0) is 9.47 Å². The van der Waals surface area contributed by atoms with Gasteiger partial charge in [0.05, 0.1) is 12.7 Å². The lowest BCUT2D eigenvalue weighted by molar-refractivity contribution is -0.0783. The van der Waals surface area contributed by atoms with Gasteiger partial charge in [-0.3, -0.25) is 0 Å². The highest BCUT2D eigenvalue weighted by Crippen LogP contribution is 1.88. The van der Waals surface area contributed by atoms with Crippen molar-refractivity contribution in [2.24, 2.45) is 5.73 Å². The Morgan fingerprint density at radius 2 is 2.10 bits per heavy atom. The lowest BCUT2D eigenvalue weighted by atomic mass is 10.5. The Balaban J connectivity index is 2.77. The molecule has 0 aliphatic carbocycles. The fraction of sp³-hybridized carbons (Fsp3) is 1.00. The first kappa shape index (κ1) is 9.88. The van der Waals surface area contributed by atoms with E-state index in [0.29, 0.717) is 19.9 Å². The zero-order valence-electron chi connectivity index (χ0n) is 6.80. The summed E-state index contributed by atoms with van der Waals surface area (Å²) in [5.74, 6) is 0. The Labute approximate surface area is 62.5 Å². The third kappa shape index (κ3) is 7.88. The summed E-state index contributed by atoms with van der Waals surface area (Å²) in [5.41, 5.74) is 5.25. The topological polar surface area (TPSA) is 44.5 Å². The van der Waals surface area contributed by atoms with Crippen LogP contribution in [0.1, 0.15) is 20.3 Å². The normalized spacial score (nSPS) is 10.8. The van der Waals surface area contributed by atoms with E-state index in [-0.39, 0.29) is 6.10 Å². The van der Waals surface area contributed by atoms with Crippen molar-refractivity contribution in [3.8, 4) is 0 Å². The number of hydrogen-bond donors (Lipinski definition) is 1. The summed E-state index contributed by atoms with van der Waals surface area (Å²) in [4.78, 5) is 0. The molecule has 0 heterocycles. The van der Waals surface area contributed by atoms with Gasteiger partial charge in [0.25, 0.3) is 0 Å². The molecular weight excluding hydrogens is 130 g/mol. The maximum absolute atomic E-state index is 5.25. The van der Waals surface area contributed by atoms with Gasteiger partial charge in [-0.2, -0.15) is 0 Å². The van der Waals surface area contributed by atoms with E-state index in [9.17, 15) is 0 Å². The molecule has 0 atom stereocenters. The van der Waals surface area contributed by atoms with Crippen LogP contribution in [0.3, 0.4) is 0 Å². The van der Waals surface area contributed by atoms with Crippen LogP contribution in [0.2, 0.25) is 0 Å². The van der Waals surface area contributed by atoms with E-state index in [1.54, 1.807) is 0 Å². The average molecular weight is 147 g/mol. The molecule has 0 bridgehead atoms. The molecule has 0 saturated heterocycles. The first-order valence-electron chi connectivity index (χ1n) is 3.66. The standard InChI is InChI=1S/C7H17NO2/c1-7(2)10-6-9-5-3-4-8/h7H,3-6,8H2,1-2H3. The van der Waals surface area contributed by atoms with E-state index in [1.165, 1.54) is 0 Å². The summed E-state index contributed by atoms with van der Waals surface area (Å²) >= 11 is 0. The Morgan fingerprint density at radius 3 is 2.60 bits per heavy atom. The van der Waals surface area contributed by atoms with E-state index in [4.69, 9.17) is 15.2 Å². The summed E-state index contributed by atoms with van der Waals surface area (Å²) < 4.78 is 10.2. The van der Waals surface area contributed by atoms with E-state index >= 15 is 0 Å². The first-order valence-corrected chi connectivity index (χ1v) is 3.66. The van der Waals surface area contributed by atoms with Crippen LogP contribution < -0.4 is 5.73 Å². The zero-order valence-corrected chi connectivity index (χ0v) is 6.80. The second-order valence-electron chi connectivity index (χ2n) is 2.38. The highest BCUT2D eigenvalue weighted by molar-refractivity contribution is 4.34. The van der Waals surface area contributed by atoms with Crippen LogP contribution in [0.15, 0.2) is 0 Å². The van der Waals surface area contributed by atoms with Crippen LogP contribution in [0.4, 0.5) is 0 Å². The SMILES string of the molecule is CC(C)OCOCCCN. The maximum Gasteiger partial charge on any atom is 0.147 e. The molecule has 3 heteroatoms. The monoisotopic (exact) mass is 147 g/mol. The van der Waals surface area contributed by atoms with E-state index < -0.39 is 0 Å². The summed E-state index contributed by atoms with van der Waals surface area (Å²) in [6.07, 6.45) is 1.15. The molecule has 0 saturated carbocycles. The van der Waals surface area contributed by atoms with Crippen LogP contribution in [-0.4, -0.2) is 26.0 Å². The van der Waals surface area contributed by atoms with Gasteiger partial charge >= 0.3 is 0 Å². The molecule has 0 amide bonds. The highest BCUT2D eigenvalue weighted by atomic mass is 16.7. The molecule has 0 aromatic carbocycles. The predicted molar refractivity (Wildman–Crippen MR) is 40.7 cm³/mol. The lowest BCUT2D eigenvalue weighted by Gasteiger charge is -2.06. The van der Waals surface area contributed by atoms with Crippen LogP contribution in [0.25, 0.3) is 0 Å². The predicted octanol–water partition coefficient (Wildman–Crippen LogP) is 0.734. The molecule has 0 rings (SSSR count). The highest BCUT2D eigenvalue weighted by Gasteiger charge is 1.91. The molecule has 0 spiro atoms. The van der Waals surface area contributed by atoms with E-state index in [0.717, 1.165) is 6.42 Å². The van der Waals surface area contributed by atoms with Gasteiger partial charge in [-0.05, 0) is 26.8 Å². The summed E-state index contributed by atoms with van der Waals surface area (Å²) in [7, 11) is 0. The smallest absolute Gasteiger partial charge is 0.147 e.